The Labute approximate surface area is 107 Å². The Morgan fingerprint density at radius 1 is 1.17 bits per heavy atom. The Hall–Kier alpha value is -1.43. The van der Waals surface area contributed by atoms with E-state index in [1.165, 1.54) is 0 Å². The maximum absolute atomic E-state index is 11.5. The van der Waals surface area contributed by atoms with Crippen LogP contribution in [0.1, 0.15) is 5.56 Å². The highest BCUT2D eigenvalue weighted by Gasteiger charge is 2.23. The number of nitrogens with zero attached hydrogens (tertiary/aromatic N) is 1. The van der Waals surface area contributed by atoms with Crippen molar-refractivity contribution in [2.24, 2.45) is 5.73 Å². The lowest BCUT2D eigenvalue weighted by atomic mass is 10.0. The van der Waals surface area contributed by atoms with E-state index in [1.807, 2.05) is 30.3 Å². The molecule has 0 radical (unpaired) electrons. The van der Waals surface area contributed by atoms with Gasteiger partial charge in [0, 0.05) is 13.1 Å². The monoisotopic (exact) mass is 252 g/mol. The summed E-state index contributed by atoms with van der Waals surface area (Å²) in [6.07, 6.45) is 0.482. The lowest BCUT2D eigenvalue weighted by Crippen LogP contribution is -2.48. The highest BCUT2D eigenvalue weighted by atomic mass is 16.3. The van der Waals surface area contributed by atoms with Gasteiger partial charge in [-0.3, -0.25) is 9.69 Å². The largest absolute Gasteiger partial charge is 0.395 e. The smallest absolute Gasteiger partial charge is 0.235 e. The van der Waals surface area contributed by atoms with Crippen LogP contribution in [0.4, 0.5) is 0 Å². The van der Waals surface area contributed by atoms with Gasteiger partial charge < -0.3 is 15.9 Å². The molecule has 0 saturated carbocycles. The van der Waals surface area contributed by atoms with Gasteiger partial charge in [-0.1, -0.05) is 30.3 Å². The second-order valence-corrected chi connectivity index (χ2v) is 4.09. The fourth-order valence-electron chi connectivity index (χ4n) is 1.93. The molecule has 1 aromatic rings. The summed E-state index contributed by atoms with van der Waals surface area (Å²) in [5.74, 6) is -0.444. The third kappa shape index (κ3) is 4.44. The van der Waals surface area contributed by atoms with Crippen molar-refractivity contribution < 1.29 is 15.0 Å². The molecule has 0 saturated heterocycles. The molecule has 1 amide bonds. The first-order valence-electron chi connectivity index (χ1n) is 5.98. The van der Waals surface area contributed by atoms with E-state index in [0.717, 1.165) is 5.56 Å². The SMILES string of the molecule is NC(=O)C(Cc1ccccc1)N(CCO)CCO. The standard InChI is InChI=1S/C13H20N2O3/c14-13(18)12(15(6-8-16)7-9-17)10-11-4-2-1-3-5-11/h1-5,12,16-17H,6-10H2,(H2,14,18). The zero-order valence-electron chi connectivity index (χ0n) is 10.3. The van der Waals surface area contributed by atoms with E-state index in [1.54, 1.807) is 4.90 Å². The van der Waals surface area contributed by atoms with E-state index in [4.69, 9.17) is 15.9 Å². The van der Waals surface area contributed by atoms with Gasteiger partial charge in [0.2, 0.25) is 5.91 Å². The Kier molecular flexibility index (Phi) is 6.35. The Balaban J connectivity index is 2.77. The van der Waals surface area contributed by atoms with Crippen molar-refractivity contribution in [1.82, 2.24) is 4.90 Å². The minimum atomic E-state index is -0.508. The van der Waals surface area contributed by atoms with Gasteiger partial charge in [0.15, 0.2) is 0 Å². The van der Waals surface area contributed by atoms with Crippen LogP contribution in [-0.2, 0) is 11.2 Å². The molecule has 0 spiro atoms. The van der Waals surface area contributed by atoms with Crippen LogP contribution in [0, 0.1) is 0 Å². The Bertz CT molecular complexity index is 351. The summed E-state index contributed by atoms with van der Waals surface area (Å²) in [6.45, 7) is 0.499. The summed E-state index contributed by atoms with van der Waals surface area (Å²) < 4.78 is 0. The first kappa shape index (κ1) is 14.6. The van der Waals surface area contributed by atoms with Crippen LogP contribution in [0.2, 0.25) is 0 Å². The predicted octanol–water partition coefficient (Wildman–Crippen LogP) is -0.630. The number of amides is 1. The van der Waals surface area contributed by atoms with E-state index in [2.05, 4.69) is 0 Å². The maximum atomic E-state index is 11.5. The number of nitrogens with two attached hydrogens (primary N) is 1. The molecule has 1 atom stereocenters. The van der Waals surface area contributed by atoms with Gasteiger partial charge in [0.25, 0.3) is 0 Å². The van der Waals surface area contributed by atoms with Gasteiger partial charge in [0.05, 0.1) is 19.3 Å². The van der Waals surface area contributed by atoms with Crippen LogP contribution < -0.4 is 5.73 Å². The van der Waals surface area contributed by atoms with Gasteiger partial charge in [-0.05, 0) is 12.0 Å². The van der Waals surface area contributed by atoms with Crippen LogP contribution in [-0.4, -0.2) is 53.4 Å². The van der Waals surface area contributed by atoms with E-state index >= 15 is 0 Å². The van der Waals surface area contributed by atoms with Crippen LogP contribution in [0.3, 0.4) is 0 Å². The molecule has 0 aromatic heterocycles. The summed E-state index contributed by atoms with van der Waals surface area (Å²) in [7, 11) is 0. The van der Waals surface area contributed by atoms with Gasteiger partial charge in [-0.2, -0.15) is 0 Å². The summed E-state index contributed by atoms with van der Waals surface area (Å²) >= 11 is 0. The lowest BCUT2D eigenvalue weighted by Gasteiger charge is -2.28. The van der Waals surface area contributed by atoms with Gasteiger partial charge >= 0.3 is 0 Å². The average Bonchev–Trinajstić information content (AvgIpc) is 2.37. The topological polar surface area (TPSA) is 86.8 Å². The molecule has 0 aliphatic heterocycles. The van der Waals surface area contributed by atoms with Gasteiger partial charge in [0.1, 0.15) is 0 Å². The Morgan fingerprint density at radius 2 is 1.72 bits per heavy atom. The number of carbonyl (C=O) groups is 1. The van der Waals surface area contributed by atoms with E-state index < -0.39 is 11.9 Å². The van der Waals surface area contributed by atoms with Crippen LogP contribution >= 0.6 is 0 Å². The first-order valence-corrected chi connectivity index (χ1v) is 5.98. The number of carbonyl (C=O) groups excluding carboxylic acids is 1. The highest BCUT2D eigenvalue weighted by Crippen LogP contribution is 2.08. The number of primary amides is 1. The summed E-state index contributed by atoms with van der Waals surface area (Å²) in [5, 5.41) is 18.0. The van der Waals surface area contributed by atoms with E-state index in [9.17, 15) is 4.79 Å². The molecule has 0 aliphatic carbocycles. The van der Waals surface area contributed by atoms with Crippen molar-refractivity contribution >= 4 is 5.91 Å². The number of benzene rings is 1. The van der Waals surface area contributed by atoms with E-state index in [-0.39, 0.29) is 13.2 Å². The number of hydrogen-bond donors (Lipinski definition) is 3. The van der Waals surface area contributed by atoms with Crippen molar-refractivity contribution in [2.45, 2.75) is 12.5 Å². The van der Waals surface area contributed by atoms with Gasteiger partial charge in [-0.15, -0.1) is 0 Å². The second-order valence-electron chi connectivity index (χ2n) is 4.09. The van der Waals surface area contributed by atoms with Crippen molar-refractivity contribution in [3.63, 3.8) is 0 Å². The van der Waals surface area contributed by atoms with Gasteiger partial charge in [-0.25, -0.2) is 0 Å². The van der Waals surface area contributed by atoms with Crippen LogP contribution in [0.25, 0.3) is 0 Å². The lowest BCUT2D eigenvalue weighted by molar-refractivity contribution is -0.123. The molecule has 1 aromatic carbocycles. The summed E-state index contributed by atoms with van der Waals surface area (Å²) in [5.41, 5.74) is 6.40. The molecule has 18 heavy (non-hydrogen) atoms. The minimum Gasteiger partial charge on any atom is -0.395 e. The molecule has 0 bridgehead atoms. The van der Waals surface area contributed by atoms with Crippen LogP contribution in [0.15, 0.2) is 30.3 Å². The number of hydrogen-bond acceptors (Lipinski definition) is 4. The third-order valence-corrected chi connectivity index (χ3v) is 2.82. The maximum Gasteiger partial charge on any atom is 0.235 e. The first-order chi connectivity index (χ1) is 8.69. The molecular formula is C13H20N2O3. The zero-order valence-corrected chi connectivity index (χ0v) is 10.3. The zero-order chi connectivity index (χ0) is 13.4. The Morgan fingerprint density at radius 3 is 2.17 bits per heavy atom. The number of rotatable bonds is 8. The summed E-state index contributed by atoms with van der Waals surface area (Å²) in [4.78, 5) is 13.2. The normalized spacial score (nSPS) is 12.6. The molecule has 1 rings (SSSR count). The predicted molar refractivity (Wildman–Crippen MR) is 68.9 cm³/mol. The molecule has 4 N–H and O–H groups in total. The van der Waals surface area contributed by atoms with Crippen molar-refractivity contribution in [3.05, 3.63) is 35.9 Å². The highest BCUT2D eigenvalue weighted by molar-refractivity contribution is 5.80. The molecular weight excluding hydrogens is 232 g/mol. The molecule has 5 heteroatoms. The number of aliphatic hydroxyl groups excluding tert-OH is 2. The van der Waals surface area contributed by atoms with Crippen LogP contribution in [0.5, 0.6) is 0 Å². The molecule has 100 valence electrons. The second kappa shape index (κ2) is 7.81. The molecule has 5 nitrogen and oxygen atoms in total. The van der Waals surface area contributed by atoms with E-state index in [0.29, 0.717) is 19.5 Å². The quantitative estimate of drug-likeness (QED) is 0.575. The molecule has 0 aliphatic rings. The van der Waals surface area contributed by atoms with Crippen molar-refractivity contribution in [2.75, 3.05) is 26.3 Å². The molecule has 0 fully saturated rings. The number of aliphatic hydroxyl groups is 2. The third-order valence-electron chi connectivity index (χ3n) is 2.82. The average molecular weight is 252 g/mol. The van der Waals surface area contributed by atoms with Crippen molar-refractivity contribution in [1.29, 1.82) is 0 Å². The molecule has 0 heterocycles. The fraction of sp³-hybridized carbons (Fsp3) is 0.462. The molecule has 1 unspecified atom stereocenters. The minimum absolute atomic E-state index is 0.0709. The van der Waals surface area contributed by atoms with Crippen molar-refractivity contribution in [3.8, 4) is 0 Å². The fourth-order valence-corrected chi connectivity index (χ4v) is 1.93. The summed E-state index contributed by atoms with van der Waals surface area (Å²) in [6, 6.07) is 9.04.